The normalized spacial score (nSPS) is 52.2. The van der Waals surface area contributed by atoms with E-state index in [0.717, 1.165) is 6.54 Å². The first-order chi connectivity index (χ1) is 4.83. The molecule has 2 heterocycles. The molecule has 4 heteroatoms. The number of aliphatic hydroxyl groups excluding tert-OH is 2. The number of fused-ring (bicyclic) bond motifs is 1. The first-order valence-corrected chi connectivity index (χ1v) is 3.50. The highest BCUT2D eigenvalue weighted by Crippen LogP contribution is 2.29. The van der Waals surface area contributed by atoms with Crippen molar-refractivity contribution in [3.05, 3.63) is 0 Å². The Morgan fingerprint density at radius 1 is 1.60 bits per heavy atom. The number of rotatable bonds is 1. The van der Waals surface area contributed by atoms with Crippen molar-refractivity contribution in [1.29, 1.82) is 0 Å². The van der Waals surface area contributed by atoms with Crippen molar-refractivity contribution in [3.8, 4) is 0 Å². The summed E-state index contributed by atoms with van der Waals surface area (Å²) in [5, 5.41) is 21.0. The summed E-state index contributed by atoms with van der Waals surface area (Å²) < 4.78 is 5.10. The summed E-state index contributed by atoms with van der Waals surface area (Å²) in [5.41, 5.74) is 0. The first-order valence-electron chi connectivity index (χ1n) is 3.50. The van der Waals surface area contributed by atoms with Gasteiger partial charge in [-0.25, -0.2) is 0 Å². The largest absolute Gasteiger partial charge is 0.395 e. The van der Waals surface area contributed by atoms with Crippen molar-refractivity contribution in [2.45, 2.75) is 24.4 Å². The van der Waals surface area contributed by atoms with Crippen LogP contribution in [0.4, 0.5) is 0 Å². The van der Waals surface area contributed by atoms with Gasteiger partial charge in [0.05, 0.1) is 18.8 Å². The predicted molar refractivity (Wildman–Crippen MR) is 33.5 cm³/mol. The SMILES string of the molecule is OC[C@H]1NC[C@H]2O[C@H]2[C@H]1O. The molecular weight excluding hydrogens is 134 g/mol. The summed E-state index contributed by atoms with van der Waals surface area (Å²) in [6.07, 6.45) is -0.347. The van der Waals surface area contributed by atoms with Gasteiger partial charge in [-0.3, -0.25) is 0 Å². The van der Waals surface area contributed by atoms with Crippen molar-refractivity contribution in [3.63, 3.8) is 0 Å². The minimum absolute atomic E-state index is 0.0154. The molecule has 2 fully saturated rings. The maximum absolute atomic E-state index is 9.33. The van der Waals surface area contributed by atoms with Gasteiger partial charge < -0.3 is 20.3 Å². The number of piperidine rings is 1. The fourth-order valence-electron chi connectivity index (χ4n) is 1.41. The third-order valence-electron chi connectivity index (χ3n) is 2.15. The Labute approximate surface area is 58.8 Å². The minimum Gasteiger partial charge on any atom is -0.395 e. The zero-order valence-electron chi connectivity index (χ0n) is 5.53. The highest BCUT2D eigenvalue weighted by molar-refractivity contribution is 5.02. The third-order valence-corrected chi connectivity index (χ3v) is 2.15. The molecule has 2 aliphatic rings. The van der Waals surface area contributed by atoms with Crippen LogP contribution in [0.3, 0.4) is 0 Å². The van der Waals surface area contributed by atoms with Crippen LogP contribution in [0.15, 0.2) is 0 Å². The van der Waals surface area contributed by atoms with Crippen LogP contribution in [0.5, 0.6) is 0 Å². The van der Waals surface area contributed by atoms with E-state index in [1.165, 1.54) is 0 Å². The fraction of sp³-hybridized carbons (Fsp3) is 1.00. The van der Waals surface area contributed by atoms with E-state index in [4.69, 9.17) is 9.84 Å². The molecule has 2 rings (SSSR count). The molecule has 2 aliphatic heterocycles. The number of nitrogens with one attached hydrogen (secondary N) is 1. The van der Waals surface area contributed by atoms with Gasteiger partial charge >= 0.3 is 0 Å². The molecule has 0 bridgehead atoms. The molecule has 4 atom stereocenters. The van der Waals surface area contributed by atoms with E-state index < -0.39 is 6.10 Å². The second kappa shape index (κ2) is 2.17. The second-order valence-corrected chi connectivity index (χ2v) is 2.83. The van der Waals surface area contributed by atoms with E-state index in [0.29, 0.717) is 0 Å². The molecule has 3 N–H and O–H groups in total. The summed E-state index contributed by atoms with van der Waals surface area (Å²) >= 11 is 0. The molecule has 0 unspecified atom stereocenters. The summed E-state index contributed by atoms with van der Waals surface area (Å²) in [4.78, 5) is 0. The van der Waals surface area contributed by atoms with Crippen LogP contribution in [-0.4, -0.2) is 47.7 Å². The third kappa shape index (κ3) is 0.845. The molecule has 2 saturated heterocycles. The lowest BCUT2D eigenvalue weighted by molar-refractivity contribution is 0.0651. The number of epoxide rings is 1. The van der Waals surface area contributed by atoms with E-state index in [9.17, 15) is 5.11 Å². The fourth-order valence-corrected chi connectivity index (χ4v) is 1.41. The van der Waals surface area contributed by atoms with Gasteiger partial charge in [-0.1, -0.05) is 0 Å². The van der Waals surface area contributed by atoms with Gasteiger partial charge in [0.1, 0.15) is 12.2 Å². The van der Waals surface area contributed by atoms with Gasteiger partial charge in [-0.05, 0) is 0 Å². The van der Waals surface area contributed by atoms with Crippen molar-refractivity contribution in [2.24, 2.45) is 0 Å². The molecule has 0 aromatic heterocycles. The average Bonchev–Trinajstić information content (AvgIpc) is 2.68. The number of hydrogen-bond donors (Lipinski definition) is 3. The summed E-state index contributed by atoms with van der Waals surface area (Å²) in [6, 6.07) is -0.191. The van der Waals surface area contributed by atoms with Crippen LogP contribution >= 0.6 is 0 Å². The standard InChI is InChI=1S/C6H11NO3/c8-2-3-5(9)6-4(10-6)1-7-3/h3-9H,1-2H2/t3-,4-,5+,6-/m1/s1. The first kappa shape index (κ1) is 6.54. The van der Waals surface area contributed by atoms with Crippen LogP contribution in [-0.2, 0) is 4.74 Å². The second-order valence-electron chi connectivity index (χ2n) is 2.83. The molecule has 0 radical (unpaired) electrons. The minimum atomic E-state index is -0.524. The maximum Gasteiger partial charge on any atom is 0.113 e. The van der Waals surface area contributed by atoms with Crippen molar-refractivity contribution < 1.29 is 14.9 Å². The molecule has 0 amide bonds. The van der Waals surface area contributed by atoms with E-state index in [1.54, 1.807) is 0 Å². The highest BCUT2D eigenvalue weighted by atomic mass is 16.6. The molecule has 0 spiro atoms. The van der Waals surface area contributed by atoms with Gasteiger partial charge in [0, 0.05) is 6.54 Å². The van der Waals surface area contributed by atoms with Gasteiger partial charge in [-0.15, -0.1) is 0 Å². The van der Waals surface area contributed by atoms with Crippen LogP contribution < -0.4 is 5.32 Å². The van der Waals surface area contributed by atoms with Crippen LogP contribution in [0.25, 0.3) is 0 Å². The molecule has 58 valence electrons. The van der Waals surface area contributed by atoms with E-state index in [2.05, 4.69) is 5.32 Å². The molecule has 4 nitrogen and oxygen atoms in total. The van der Waals surface area contributed by atoms with Crippen LogP contribution in [0.2, 0.25) is 0 Å². The zero-order valence-corrected chi connectivity index (χ0v) is 5.53. The average molecular weight is 145 g/mol. The van der Waals surface area contributed by atoms with Gasteiger partial charge in [0.15, 0.2) is 0 Å². The Morgan fingerprint density at radius 3 is 3.10 bits per heavy atom. The number of ether oxygens (including phenoxy) is 1. The number of hydrogen-bond acceptors (Lipinski definition) is 4. The molecule has 0 aromatic carbocycles. The van der Waals surface area contributed by atoms with Crippen LogP contribution in [0.1, 0.15) is 0 Å². The highest BCUT2D eigenvalue weighted by Gasteiger charge is 2.50. The van der Waals surface area contributed by atoms with Crippen molar-refractivity contribution >= 4 is 0 Å². The quantitative estimate of drug-likeness (QED) is 0.376. The molecule has 0 aromatic rings. The van der Waals surface area contributed by atoms with Crippen LogP contribution in [0, 0.1) is 0 Å². The van der Waals surface area contributed by atoms with E-state index >= 15 is 0 Å². The smallest absolute Gasteiger partial charge is 0.113 e. The lowest BCUT2D eigenvalue weighted by atomic mass is 10.0. The summed E-state index contributed by atoms with van der Waals surface area (Å²) in [6.45, 7) is 0.737. The summed E-state index contributed by atoms with van der Waals surface area (Å²) in [7, 11) is 0. The van der Waals surface area contributed by atoms with Crippen molar-refractivity contribution in [2.75, 3.05) is 13.2 Å². The number of aliphatic hydroxyl groups is 2. The summed E-state index contributed by atoms with van der Waals surface area (Å²) in [5.74, 6) is 0. The van der Waals surface area contributed by atoms with Gasteiger partial charge in [-0.2, -0.15) is 0 Å². The maximum atomic E-state index is 9.33. The monoisotopic (exact) mass is 145 g/mol. The van der Waals surface area contributed by atoms with Crippen molar-refractivity contribution in [1.82, 2.24) is 5.32 Å². The molecule has 0 saturated carbocycles. The van der Waals surface area contributed by atoms with E-state index in [1.807, 2.05) is 0 Å². The Balaban J connectivity index is 1.97. The van der Waals surface area contributed by atoms with Gasteiger partial charge in [0.25, 0.3) is 0 Å². The van der Waals surface area contributed by atoms with Gasteiger partial charge in [0.2, 0.25) is 0 Å². The van der Waals surface area contributed by atoms with E-state index in [-0.39, 0.29) is 24.9 Å². The Hall–Kier alpha value is -0.160. The topological polar surface area (TPSA) is 65.0 Å². The molecular formula is C6H11NO3. The predicted octanol–water partition coefficient (Wildman–Crippen LogP) is -1.92. The molecule has 10 heavy (non-hydrogen) atoms. The lowest BCUT2D eigenvalue weighted by Crippen LogP contribution is -2.51. The zero-order chi connectivity index (χ0) is 7.14. The Morgan fingerprint density at radius 2 is 2.40 bits per heavy atom. The lowest BCUT2D eigenvalue weighted by Gasteiger charge is -2.23. The Kier molecular flexibility index (Phi) is 1.42. The molecule has 0 aliphatic carbocycles. The Bertz CT molecular complexity index is 141.